The Balaban J connectivity index is 2.40. The first-order chi connectivity index (χ1) is 8.06. The van der Waals surface area contributed by atoms with Crippen LogP contribution >= 0.6 is 0 Å². The van der Waals surface area contributed by atoms with E-state index in [2.05, 4.69) is 9.97 Å². The van der Waals surface area contributed by atoms with E-state index in [4.69, 9.17) is 0 Å². The smallest absolute Gasteiger partial charge is 0.213 e. The van der Waals surface area contributed by atoms with E-state index < -0.39 is 5.82 Å². The quantitative estimate of drug-likeness (QED) is 0.744. The van der Waals surface area contributed by atoms with E-state index in [0.29, 0.717) is 11.1 Å². The van der Waals surface area contributed by atoms with Crippen LogP contribution in [0.25, 0.3) is 0 Å². The van der Waals surface area contributed by atoms with Gasteiger partial charge in [-0.25, -0.2) is 9.37 Å². The van der Waals surface area contributed by atoms with Crippen molar-refractivity contribution in [2.24, 2.45) is 0 Å². The Morgan fingerprint density at radius 3 is 2.47 bits per heavy atom. The summed E-state index contributed by atoms with van der Waals surface area (Å²) >= 11 is 0. The molecule has 1 aromatic heterocycles. The molecule has 17 heavy (non-hydrogen) atoms. The third-order valence-corrected chi connectivity index (χ3v) is 2.32. The van der Waals surface area contributed by atoms with Crippen LogP contribution < -0.4 is 0 Å². The average Bonchev–Trinajstić information content (AvgIpc) is 2.28. The number of halogens is 1. The number of nitrogens with zero attached hydrogens (tertiary/aromatic N) is 2. The van der Waals surface area contributed by atoms with E-state index in [1.165, 1.54) is 24.5 Å². The van der Waals surface area contributed by atoms with E-state index in [1.54, 1.807) is 19.9 Å². The number of hydrogen-bond acceptors (Lipinski definition) is 3. The second-order valence-corrected chi connectivity index (χ2v) is 3.89. The van der Waals surface area contributed by atoms with Crippen LogP contribution in [0.2, 0.25) is 0 Å². The van der Waals surface area contributed by atoms with Gasteiger partial charge in [-0.1, -0.05) is 0 Å². The minimum atomic E-state index is -0.423. The van der Waals surface area contributed by atoms with Gasteiger partial charge in [0.15, 0.2) is 0 Å². The predicted octanol–water partition coefficient (Wildman–Crippen LogP) is 2.46. The number of carbonyl (C=O) groups excluding carboxylic acids is 1. The molecule has 0 aliphatic rings. The maximum Gasteiger partial charge on any atom is 0.213 e. The van der Waals surface area contributed by atoms with Crippen LogP contribution in [0.1, 0.15) is 27.3 Å². The van der Waals surface area contributed by atoms with E-state index in [9.17, 15) is 9.18 Å². The summed E-state index contributed by atoms with van der Waals surface area (Å²) < 4.78 is 13.2. The third kappa shape index (κ3) is 2.53. The fraction of sp³-hybridized carbons (Fsp3) is 0.154. The van der Waals surface area contributed by atoms with Crippen molar-refractivity contribution in [3.63, 3.8) is 0 Å². The fourth-order valence-electron chi connectivity index (χ4n) is 1.53. The van der Waals surface area contributed by atoms with E-state index in [1.807, 2.05) is 0 Å². The molecule has 0 N–H and O–H groups in total. The van der Waals surface area contributed by atoms with Crippen molar-refractivity contribution < 1.29 is 9.18 Å². The molecule has 0 saturated heterocycles. The molecule has 0 bridgehead atoms. The van der Waals surface area contributed by atoms with Crippen molar-refractivity contribution in [1.82, 2.24) is 9.97 Å². The number of benzene rings is 1. The maximum absolute atomic E-state index is 13.2. The van der Waals surface area contributed by atoms with E-state index >= 15 is 0 Å². The number of hydrogen-bond donors (Lipinski definition) is 0. The lowest BCUT2D eigenvalue weighted by molar-refractivity contribution is 0.103. The minimum absolute atomic E-state index is 0.223. The van der Waals surface area contributed by atoms with Crippen molar-refractivity contribution in [2.45, 2.75) is 13.8 Å². The molecule has 0 atom stereocenters. The van der Waals surface area contributed by atoms with Crippen LogP contribution in [0.3, 0.4) is 0 Å². The Labute approximate surface area is 98.3 Å². The number of aromatic nitrogens is 2. The number of ketones is 1. The van der Waals surface area contributed by atoms with Gasteiger partial charge < -0.3 is 0 Å². The summed E-state index contributed by atoms with van der Waals surface area (Å²) in [5, 5.41) is 0. The van der Waals surface area contributed by atoms with Gasteiger partial charge in [0, 0.05) is 11.8 Å². The minimum Gasteiger partial charge on any atom is -0.287 e. The van der Waals surface area contributed by atoms with Gasteiger partial charge in [-0.05, 0) is 37.6 Å². The van der Waals surface area contributed by atoms with Gasteiger partial charge in [0.1, 0.15) is 11.5 Å². The Hall–Kier alpha value is -2.10. The molecule has 0 aliphatic carbocycles. The first-order valence-corrected chi connectivity index (χ1v) is 5.17. The van der Waals surface area contributed by atoms with Crippen molar-refractivity contribution in [1.29, 1.82) is 0 Å². The lowest BCUT2D eigenvalue weighted by Crippen LogP contribution is -2.06. The van der Waals surface area contributed by atoms with Crippen LogP contribution in [0, 0.1) is 19.7 Å². The number of aryl methyl sites for hydroxylation is 2. The topological polar surface area (TPSA) is 42.9 Å². The zero-order valence-corrected chi connectivity index (χ0v) is 9.57. The summed E-state index contributed by atoms with van der Waals surface area (Å²) in [6.45, 7) is 3.52. The molecule has 2 rings (SSSR count). The van der Waals surface area contributed by atoms with Crippen LogP contribution in [0.5, 0.6) is 0 Å². The molecule has 1 heterocycles. The normalized spacial score (nSPS) is 10.3. The summed E-state index contributed by atoms with van der Waals surface area (Å²) in [6.07, 6.45) is 2.91. The van der Waals surface area contributed by atoms with E-state index in [-0.39, 0.29) is 11.5 Å². The Kier molecular flexibility index (Phi) is 2.95. The SMILES string of the molecule is Cc1cc(F)cc(C(=O)c2cnc(C)cn2)c1. The lowest BCUT2D eigenvalue weighted by Gasteiger charge is -2.02. The van der Waals surface area contributed by atoms with Gasteiger partial charge >= 0.3 is 0 Å². The van der Waals surface area contributed by atoms with Crippen molar-refractivity contribution in [2.75, 3.05) is 0 Å². The average molecular weight is 230 g/mol. The highest BCUT2D eigenvalue weighted by Crippen LogP contribution is 2.12. The molecule has 0 unspecified atom stereocenters. The largest absolute Gasteiger partial charge is 0.287 e. The summed E-state index contributed by atoms with van der Waals surface area (Å²) in [4.78, 5) is 20.0. The van der Waals surface area contributed by atoms with Crippen LogP contribution in [-0.4, -0.2) is 15.8 Å². The van der Waals surface area contributed by atoms with Gasteiger partial charge in [0.25, 0.3) is 0 Å². The third-order valence-electron chi connectivity index (χ3n) is 2.32. The van der Waals surface area contributed by atoms with Crippen molar-refractivity contribution in [3.8, 4) is 0 Å². The zero-order valence-electron chi connectivity index (χ0n) is 9.57. The Morgan fingerprint density at radius 2 is 1.88 bits per heavy atom. The second kappa shape index (κ2) is 4.41. The van der Waals surface area contributed by atoms with Crippen LogP contribution in [0.4, 0.5) is 4.39 Å². The van der Waals surface area contributed by atoms with Gasteiger partial charge in [-0.3, -0.25) is 9.78 Å². The molecule has 0 amide bonds. The molecular weight excluding hydrogens is 219 g/mol. The van der Waals surface area contributed by atoms with Gasteiger partial charge in [-0.15, -0.1) is 0 Å². The number of carbonyl (C=O) groups is 1. The van der Waals surface area contributed by atoms with Crippen LogP contribution in [-0.2, 0) is 0 Å². The molecule has 4 heteroatoms. The molecular formula is C13H11FN2O. The highest BCUT2D eigenvalue weighted by molar-refractivity contribution is 6.07. The van der Waals surface area contributed by atoms with Gasteiger partial charge in [0.2, 0.25) is 5.78 Å². The highest BCUT2D eigenvalue weighted by Gasteiger charge is 2.12. The van der Waals surface area contributed by atoms with Crippen LogP contribution in [0.15, 0.2) is 30.6 Å². The summed E-state index contributed by atoms with van der Waals surface area (Å²) in [5.74, 6) is -0.742. The van der Waals surface area contributed by atoms with Gasteiger partial charge in [-0.2, -0.15) is 0 Å². The Morgan fingerprint density at radius 1 is 1.12 bits per heavy atom. The molecule has 3 nitrogen and oxygen atoms in total. The molecule has 0 saturated carbocycles. The number of rotatable bonds is 2. The highest BCUT2D eigenvalue weighted by atomic mass is 19.1. The van der Waals surface area contributed by atoms with E-state index in [0.717, 1.165) is 5.69 Å². The standard InChI is InChI=1S/C13H11FN2O/c1-8-3-10(5-11(14)4-8)13(17)12-7-15-9(2)6-16-12/h3-7H,1-2H3. The molecule has 0 spiro atoms. The fourth-order valence-corrected chi connectivity index (χ4v) is 1.53. The monoisotopic (exact) mass is 230 g/mol. The molecule has 0 fully saturated rings. The molecule has 0 radical (unpaired) electrons. The molecule has 86 valence electrons. The Bertz CT molecular complexity index is 544. The second-order valence-electron chi connectivity index (χ2n) is 3.89. The zero-order chi connectivity index (χ0) is 12.4. The predicted molar refractivity (Wildman–Crippen MR) is 61.3 cm³/mol. The lowest BCUT2D eigenvalue weighted by atomic mass is 10.1. The molecule has 0 aliphatic heterocycles. The first kappa shape index (κ1) is 11.4. The summed E-state index contributed by atoms with van der Waals surface area (Å²) in [6, 6.07) is 4.21. The maximum atomic E-state index is 13.2. The van der Waals surface area contributed by atoms with Crippen molar-refractivity contribution >= 4 is 5.78 Å². The summed E-state index contributed by atoms with van der Waals surface area (Å²) in [7, 11) is 0. The first-order valence-electron chi connectivity index (χ1n) is 5.17. The molecule has 2 aromatic rings. The summed E-state index contributed by atoms with van der Waals surface area (Å²) in [5.41, 5.74) is 1.95. The van der Waals surface area contributed by atoms with Gasteiger partial charge in [0.05, 0.1) is 11.9 Å². The molecule has 1 aromatic carbocycles. The van der Waals surface area contributed by atoms with Crippen molar-refractivity contribution in [3.05, 3.63) is 58.9 Å².